The van der Waals surface area contributed by atoms with Crippen molar-refractivity contribution in [1.82, 2.24) is 15.3 Å². The first-order valence-corrected chi connectivity index (χ1v) is 8.24. The van der Waals surface area contributed by atoms with Gasteiger partial charge in [-0.3, -0.25) is 9.78 Å². The van der Waals surface area contributed by atoms with Gasteiger partial charge in [-0.15, -0.1) is 0 Å². The highest BCUT2D eigenvalue weighted by Gasteiger charge is 2.08. The second-order valence-electron chi connectivity index (χ2n) is 5.67. The number of ether oxygens (including phenoxy) is 1. The summed E-state index contributed by atoms with van der Waals surface area (Å²) in [4.78, 5) is 32.0. The van der Waals surface area contributed by atoms with Crippen LogP contribution in [0.3, 0.4) is 0 Å². The number of rotatable bonds is 6. The Balaban J connectivity index is 1.61. The fourth-order valence-corrected chi connectivity index (χ4v) is 2.38. The molecule has 3 aromatic rings. The first-order valence-electron chi connectivity index (χ1n) is 8.24. The number of hydrogen-bond acceptors (Lipinski definition) is 6. The molecule has 1 amide bonds. The fraction of sp³-hybridized carbons (Fsp3) is 0.100. The van der Waals surface area contributed by atoms with Crippen molar-refractivity contribution in [2.24, 2.45) is 0 Å². The van der Waals surface area contributed by atoms with Gasteiger partial charge in [0.25, 0.3) is 5.91 Å². The smallest absolute Gasteiger partial charge is 0.337 e. The van der Waals surface area contributed by atoms with Crippen LogP contribution in [0.2, 0.25) is 0 Å². The van der Waals surface area contributed by atoms with E-state index in [9.17, 15) is 9.59 Å². The summed E-state index contributed by atoms with van der Waals surface area (Å²) in [5, 5.41) is 5.92. The highest BCUT2D eigenvalue weighted by molar-refractivity contribution is 5.94. The number of aromatic nitrogens is 2. The molecule has 0 radical (unpaired) electrons. The maximum Gasteiger partial charge on any atom is 0.337 e. The average Bonchev–Trinajstić information content (AvgIpc) is 2.73. The molecule has 0 spiro atoms. The molecule has 0 saturated heterocycles. The maximum absolute atomic E-state index is 12.2. The average molecular weight is 362 g/mol. The quantitative estimate of drug-likeness (QED) is 0.655. The number of pyridine rings is 2. The van der Waals surface area contributed by atoms with Crippen molar-refractivity contribution in [3.63, 3.8) is 0 Å². The van der Waals surface area contributed by atoms with E-state index < -0.39 is 5.97 Å². The van der Waals surface area contributed by atoms with Crippen molar-refractivity contribution < 1.29 is 14.3 Å². The summed E-state index contributed by atoms with van der Waals surface area (Å²) < 4.78 is 4.71. The van der Waals surface area contributed by atoms with Gasteiger partial charge >= 0.3 is 5.97 Å². The summed E-state index contributed by atoms with van der Waals surface area (Å²) in [5.74, 6) is -0.0610. The molecule has 0 aliphatic rings. The molecule has 2 N–H and O–H groups in total. The number of methoxy groups -OCH3 is 1. The Labute approximate surface area is 156 Å². The number of carbonyl (C=O) groups excluding carboxylic acids is 2. The second-order valence-corrected chi connectivity index (χ2v) is 5.67. The number of hydrogen-bond donors (Lipinski definition) is 2. The Morgan fingerprint density at radius 2 is 1.85 bits per heavy atom. The molecule has 2 heterocycles. The number of amides is 1. The summed E-state index contributed by atoms with van der Waals surface area (Å²) in [7, 11) is 1.34. The zero-order valence-corrected chi connectivity index (χ0v) is 14.7. The van der Waals surface area contributed by atoms with Crippen LogP contribution in [0.4, 0.5) is 11.5 Å². The largest absolute Gasteiger partial charge is 0.465 e. The highest BCUT2D eigenvalue weighted by atomic mass is 16.5. The first kappa shape index (κ1) is 18.1. The minimum atomic E-state index is -0.409. The lowest BCUT2D eigenvalue weighted by Gasteiger charge is -2.08. The molecule has 0 fully saturated rings. The number of nitrogens with zero attached hydrogens (tertiary/aromatic N) is 2. The summed E-state index contributed by atoms with van der Waals surface area (Å²) >= 11 is 0. The standard InChI is InChI=1S/C20H18N4O3/c1-27-20(26)15-3-2-4-17(11-15)24-18-6-5-16(13-22-18)19(25)23-12-14-7-9-21-10-8-14/h2-11,13H,12H2,1H3,(H,22,24)(H,23,25). The molecule has 0 bridgehead atoms. The predicted octanol–water partition coefficient (Wildman–Crippen LogP) is 2.94. The lowest BCUT2D eigenvalue weighted by molar-refractivity contribution is 0.0600. The summed E-state index contributed by atoms with van der Waals surface area (Å²) in [6.45, 7) is 0.418. The van der Waals surface area contributed by atoms with E-state index in [2.05, 4.69) is 20.6 Å². The molecule has 1 aromatic carbocycles. The van der Waals surface area contributed by atoms with Crippen molar-refractivity contribution in [1.29, 1.82) is 0 Å². The Morgan fingerprint density at radius 3 is 2.56 bits per heavy atom. The van der Waals surface area contributed by atoms with Crippen LogP contribution in [0.5, 0.6) is 0 Å². The first-order chi connectivity index (χ1) is 13.2. The molecule has 7 heteroatoms. The molecular weight excluding hydrogens is 344 g/mol. The predicted molar refractivity (Wildman–Crippen MR) is 101 cm³/mol. The number of benzene rings is 1. The van der Waals surface area contributed by atoms with Crippen LogP contribution >= 0.6 is 0 Å². The third kappa shape index (κ3) is 4.88. The third-order valence-corrected chi connectivity index (χ3v) is 3.78. The molecule has 3 rings (SSSR count). The number of anilines is 2. The van der Waals surface area contributed by atoms with Gasteiger partial charge in [0.05, 0.1) is 18.2 Å². The lowest BCUT2D eigenvalue weighted by atomic mass is 10.2. The van der Waals surface area contributed by atoms with Crippen LogP contribution in [-0.2, 0) is 11.3 Å². The molecule has 7 nitrogen and oxygen atoms in total. The van der Waals surface area contributed by atoms with Crippen LogP contribution < -0.4 is 10.6 Å². The summed E-state index contributed by atoms with van der Waals surface area (Å²) in [5.41, 5.74) is 2.56. The summed E-state index contributed by atoms with van der Waals surface area (Å²) in [6.07, 6.45) is 4.85. The van der Waals surface area contributed by atoms with Crippen molar-refractivity contribution >= 4 is 23.4 Å². The van der Waals surface area contributed by atoms with Gasteiger partial charge in [0.15, 0.2) is 0 Å². The molecule has 0 aliphatic carbocycles. The zero-order chi connectivity index (χ0) is 19.1. The topological polar surface area (TPSA) is 93.2 Å². The zero-order valence-electron chi connectivity index (χ0n) is 14.7. The Kier molecular flexibility index (Phi) is 5.73. The summed E-state index contributed by atoms with van der Waals surface area (Å²) in [6, 6.07) is 14.0. The van der Waals surface area contributed by atoms with E-state index in [1.165, 1.54) is 13.3 Å². The van der Waals surface area contributed by atoms with E-state index in [0.717, 1.165) is 5.56 Å². The second kappa shape index (κ2) is 8.57. The van der Waals surface area contributed by atoms with Crippen LogP contribution in [-0.4, -0.2) is 29.0 Å². The van der Waals surface area contributed by atoms with Crippen molar-refractivity contribution in [3.05, 3.63) is 83.8 Å². The van der Waals surface area contributed by atoms with Crippen LogP contribution in [0.25, 0.3) is 0 Å². The molecule has 0 atom stereocenters. The van der Waals surface area contributed by atoms with E-state index in [1.807, 2.05) is 18.2 Å². The van der Waals surface area contributed by atoms with Gasteiger partial charge < -0.3 is 15.4 Å². The van der Waals surface area contributed by atoms with Crippen molar-refractivity contribution in [2.45, 2.75) is 6.54 Å². The third-order valence-electron chi connectivity index (χ3n) is 3.78. The monoisotopic (exact) mass is 362 g/mol. The van der Waals surface area contributed by atoms with Gasteiger partial charge in [0.2, 0.25) is 0 Å². The van der Waals surface area contributed by atoms with Crippen molar-refractivity contribution in [2.75, 3.05) is 12.4 Å². The van der Waals surface area contributed by atoms with E-state index in [-0.39, 0.29) is 5.91 Å². The molecule has 27 heavy (non-hydrogen) atoms. The number of esters is 1. The highest BCUT2D eigenvalue weighted by Crippen LogP contribution is 2.17. The fourth-order valence-electron chi connectivity index (χ4n) is 2.38. The van der Waals surface area contributed by atoms with E-state index >= 15 is 0 Å². The Hall–Kier alpha value is -3.74. The van der Waals surface area contributed by atoms with Crippen LogP contribution in [0.15, 0.2) is 67.1 Å². The van der Waals surface area contributed by atoms with Crippen LogP contribution in [0, 0.1) is 0 Å². The van der Waals surface area contributed by atoms with E-state index in [0.29, 0.717) is 29.2 Å². The molecule has 0 saturated carbocycles. The van der Waals surface area contributed by atoms with Gasteiger partial charge in [0, 0.05) is 30.8 Å². The van der Waals surface area contributed by atoms with Gasteiger partial charge in [0.1, 0.15) is 5.82 Å². The molecule has 2 aromatic heterocycles. The Bertz CT molecular complexity index is 927. The van der Waals surface area contributed by atoms with Gasteiger partial charge in [-0.05, 0) is 48.0 Å². The van der Waals surface area contributed by atoms with E-state index in [1.54, 1.807) is 42.7 Å². The lowest BCUT2D eigenvalue weighted by Crippen LogP contribution is -2.22. The molecule has 0 unspecified atom stereocenters. The molecule has 136 valence electrons. The Morgan fingerprint density at radius 1 is 1.04 bits per heavy atom. The van der Waals surface area contributed by atoms with Gasteiger partial charge in [-0.2, -0.15) is 0 Å². The normalized spacial score (nSPS) is 10.1. The minimum absolute atomic E-state index is 0.210. The van der Waals surface area contributed by atoms with E-state index in [4.69, 9.17) is 4.74 Å². The number of carbonyl (C=O) groups is 2. The van der Waals surface area contributed by atoms with Crippen LogP contribution in [0.1, 0.15) is 26.3 Å². The van der Waals surface area contributed by atoms with Crippen molar-refractivity contribution in [3.8, 4) is 0 Å². The molecule has 0 aliphatic heterocycles. The maximum atomic E-state index is 12.2. The SMILES string of the molecule is COC(=O)c1cccc(Nc2ccc(C(=O)NCc3ccncc3)cn2)c1. The van der Waals surface area contributed by atoms with Gasteiger partial charge in [-0.1, -0.05) is 6.07 Å². The number of nitrogens with one attached hydrogen (secondary N) is 2. The van der Waals surface area contributed by atoms with Gasteiger partial charge in [-0.25, -0.2) is 9.78 Å². The molecular formula is C20H18N4O3. The minimum Gasteiger partial charge on any atom is -0.465 e.